The Hall–Kier alpha value is -1.11. The Kier molecular flexibility index (Phi) is 8.51. The van der Waals surface area contributed by atoms with Crippen molar-refractivity contribution in [1.82, 2.24) is 0 Å². The second-order valence-corrected chi connectivity index (χ2v) is 3.31. The summed E-state index contributed by atoms with van der Waals surface area (Å²) in [7, 11) is 0. The number of hydrogen-bond donors (Lipinski definition) is 0. The van der Waals surface area contributed by atoms with E-state index in [2.05, 4.69) is 0 Å². The Balaban J connectivity index is 0.000000318. The van der Waals surface area contributed by atoms with E-state index in [1.54, 1.807) is 0 Å². The number of rotatable bonds is 2. The van der Waals surface area contributed by atoms with Crippen LogP contribution in [0.15, 0.2) is 66.0 Å². The zero-order valence-corrected chi connectivity index (χ0v) is 10.5. The summed E-state index contributed by atoms with van der Waals surface area (Å²) < 4.78 is 0. The number of hydrogen-bond acceptors (Lipinski definition) is 1. The average Bonchev–Trinajstić information content (AvgIpc) is 2.95. The van der Waals surface area contributed by atoms with Crippen molar-refractivity contribution in [3.05, 3.63) is 66.0 Å². The first-order valence-corrected chi connectivity index (χ1v) is 5.26. The summed E-state index contributed by atoms with van der Waals surface area (Å²) in [6, 6.07) is 10.0. The summed E-state index contributed by atoms with van der Waals surface area (Å²) in [6.45, 7) is 2.01. The molecular weight excluding hydrogens is 240 g/mol. The van der Waals surface area contributed by atoms with E-state index in [9.17, 15) is 5.11 Å². The molecular formula is C14H16FeO. The van der Waals surface area contributed by atoms with Crippen LogP contribution >= 0.6 is 0 Å². The molecule has 2 rings (SSSR count). The standard InChI is InChI=1S/C9H12O.C5H5.Fe/c1-2-5-9(10)8-6-3-4-7-8;1-2-4-5-3-1;/h3-4,6-7,10H,2,5H2,1H3;1-5H;/q;-1;+2/p-1. The van der Waals surface area contributed by atoms with Gasteiger partial charge in [-0.2, -0.15) is 18.2 Å². The van der Waals surface area contributed by atoms with E-state index in [0.29, 0.717) is 6.42 Å². The first kappa shape index (κ1) is 14.9. The molecule has 0 saturated heterocycles. The third-order valence-corrected chi connectivity index (χ3v) is 2.02. The van der Waals surface area contributed by atoms with Crippen LogP contribution in [-0.2, 0) is 17.1 Å². The predicted molar refractivity (Wildman–Crippen MR) is 62.2 cm³/mol. The summed E-state index contributed by atoms with van der Waals surface area (Å²) in [4.78, 5) is 0. The fraction of sp³-hybridized carbons (Fsp3) is 0.214. The Morgan fingerprint density at radius 3 is 2.12 bits per heavy atom. The molecule has 1 nitrogen and oxygen atoms in total. The molecule has 0 bridgehead atoms. The van der Waals surface area contributed by atoms with Gasteiger partial charge in [0.1, 0.15) is 0 Å². The van der Waals surface area contributed by atoms with Crippen molar-refractivity contribution in [2.24, 2.45) is 0 Å². The molecule has 0 spiro atoms. The first-order chi connectivity index (χ1) is 7.34. The van der Waals surface area contributed by atoms with Gasteiger partial charge in [-0.05, 0) is 12.0 Å². The normalized spacial score (nSPS) is 11.7. The molecule has 86 valence electrons. The zero-order valence-electron chi connectivity index (χ0n) is 9.37. The maximum absolute atomic E-state index is 11.1. The molecule has 1 aromatic carbocycles. The third kappa shape index (κ3) is 5.69. The molecule has 1 aliphatic carbocycles. The quantitative estimate of drug-likeness (QED) is 0.453. The van der Waals surface area contributed by atoms with Gasteiger partial charge in [0.25, 0.3) is 0 Å². The van der Waals surface area contributed by atoms with Crippen LogP contribution < -0.4 is 5.11 Å². The molecule has 0 aliphatic heterocycles. The largest absolute Gasteiger partial charge is 2.00 e. The summed E-state index contributed by atoms with van der Waals surface area (Å²) >= 11 is 0. The molecule has 1 aliphatic rings. The van der Waals surface area contributed by atoms with Crippen molar-refractivity contribution in [3.8, 4) is 0 Å². The second-order valence-electron chi connectivity index (χ2n) is 3.31. The maximum Gasteiger partial charge on any atom is 2.00 e. The molecule has 16 heavy (non-hydrogen) atoms. The van der Waals surface area contributed by atoms with E-state index in [1.165, 1.54) is 0 Å². The monoisotopic (exact) mass is 256 g/mol. The van der Waals surface area contributed by atoms with Crippen molar-refractivity contribution >= 4 is 0 Å². The molecule has 2 heteroatoms. The van der Waals surface area contributed by atoms with Crippen LogP contribution in [-0.4, -0.2) is 0 Å². The maximum atomic E-state index is 11.1. The minimum absolute atomic E-state index is 0. The van der Waals surface area contributed by atoms with Crippen molar-refractivity contribution in [1.29, 1.82) is 0 Å². The van der Waals surface area contributed by atoms with E-state index >= 15 is 0 Å². The Morgan fingerprint density at radius 2 is 1.75 bits per heavy atom. The molecule has 0 atom stereocenters. The van der Waals surface area contributed by atoms with Crippen LogP contribution in [0.3, 0.4) is 0 Å². The second kappa shape index (κ2) is 9.14. The molecule has 0 heterocycles. The van der Waals surface area contributed by atoms with Crippen molar-refractivity contribution in [2.45, 2.75) is 19.8 Å². The summed E-state index contributed by atoms with van der Waals surface area (Å²) in [5, 5.41) is 11.1. The van der Waals surface area contributed by atoms with Crippen LogP contribution in [0.25, 0.3) is 0 Å². The van der Waals surface area contributed by atoms with Gasteiger partial charge in [0.05, 0.1) is 0 Å². The minimum atomic E-state index is 0. The van der Waals surface area contributed by atoms with Crippen LogP contribution in [0.5, 0.6) is 0 Å². The van der Waals surface area contributed by atoms with Gasteiger partial charge < -0.3 is 5.11 Å². The van der Waals surface area contributed by atoms with Gasteiger partial charge in [0.2, 0.25) is 0 Å². The van der Waals surface area contributed by atoms with Crippen molar-refractivity contribution < 1.29 is 22.2 Å². The van der Waals surface area contributed by atoms with Crippen molar-refractivity contribution in [2.75, 3.05) is 0 Å². The van der Waals surface area contributed by atoms with E-state index in [1.807, 2.05) is 61.6 Å². The van der Waals surface area contributed by atoms with E-state index in [4.69, 9.17) is 0 Å². The molecule has 1 aromatic rings. The minimum Gasteiger partial charge on any atom is -0.875 e. The van der Waals surface area contributed by atoms with Gasteiger partial charge in [-0.15, -0.1) is 5.76 Å². The fourth-order valence-corrected chi connectivity index (χ4v) is 1.25. The van der Waals surface area contributed by atoms with E-state index < -0.39 is 0 Å². The van der Waals surface area contributed by atoms with Gasteiger partial charge in [-0.3, -0.25) is 0 Å². The topological polar surface area (TPSA) is 23.1 Å². The van der Waals surface area contributed by atoms with Gasteiger partial charge >= 0.3 is 17.1 Å². The summed E-state index contributed by atoms with van der Waals surface area (Å²) in [5.74, 6) is 0.257. The van der Waals surface area contributed by atoms with Crippen LogP contribution in [0, 0.1) is 0 Å². The van der Waals surface area contributed by atoms with E-state index in [0.717, 1.165) is 12.0 Å². The fourth-order valence-electron chi connectivity index (χ4n) is 1.25. The Bertz CT molecular complexity index is 314. The van der Waals surface area contributed by atoms with Crippen LogP contribution in [0.4, 0.5) is 0 Å². The SMILES string of the molecule is CCCC([O-])=C1C=CC=C1.[Fe+2].c1cc[cH-]c1. The summed E-state index contributed by atoms with van der Waals surface area (Å²) in [6.07, 6.45) is 9.11. The molecule has 0 amide bonds. The smallest absolute Gasteiger partial charge is 0.875 e. The average molecular weight is 256 g/mol. The zero-order chi connectivity index (χ0) is 10.9. The molecule has 0 radical (unpaired) electrons. The first-order valence-electron chi connectivity index (χ1n) is 5.26. The van der Waals surface area contributed by atoms with Crippen LogP contribution in [0.1, 0.15) is 19.8 Å². The molecule has 0 unspecified atom stereocenters. The summed E-state index contributed by atoms with van der Waals surface area (Å²) in [5.41, 5.74) is 0.849. The van der Waals surface area contributed by atoms with Crippen molar-refractivity contribution in [3.63, 3.8) is 0 Å². The van der Waals surface area contributed by atoms with Gasteiger partial charge in [-0.1, -0.05) is 37.6 Å². The van der Waals surface area contributed by atoms with E-state index in [-0.39, 0.29) is 22.8 Å². The van der Waals surface area contributed by atoms with Crippen LogP contribution in [0.2, 0.25) is 0 Å². The van der Waals surface area contributed by atoms with Gasteiger partial charge in [0, 0.05) is 0 Å². The molecule has 0 aromatic heterocycles. The molecule has 0 fully saturated rings. The Labute approximate surface area is 108 Å². The molecule has 0 saturated carbocycles. The van der Waals surface area contributed by atoms with Gasteiger partial charge in [-0.25, -0.2) is 12.1 Å². The third-order valence-electron chi connectivity index (χ3n) is 2.02. The Morgan fingerprint density at radius 1 is 1.19 bits per heavy atom. The number of allylic oxidation sites excluding steroid dienone is 6. The van der Waals surface area contributed by atoms with Gasteiger partial charge in [0.15, 0.2) is 0 Å². The predicted octanol–water partition coefficient (Wildman–Crippen LogP) is 2.93. The molecule has 0 N–H and O–H groups in total.